The lowest BCUT2D eigenvalue weighted by Gasteiger charge is -2.14. The molecule has 17 heavy (non-hydrogen) atoms. The summed E-state index contributed by atoms with van der Waals surface area (Å²) in [6.45, 7) is 4.88. The normalized spacial score (nSPS) is 12.2. The Morgan fingerprint density at radius 1 is 1.71 bits per heavy atom. The number of anilines is 1. The number of nitrogens with one attached hydrogen (secondary N) is 1. The average Bonchev–Trinajstić information content (AvgIpc) is 2.29. The van der Waals surface area contributed by atoms with Gasteiger partial charge in [-0.05, 0) is 35.8 Å². The fraction of sp³-hybridized carbons (Fsp3) is 0.455. The van der Waals surface area contributed by atoms with Crippen LogP contribution in [0.2, 0.25) is 0 Å². The van der Waals surface area contributed by atoms with E-state index >= 15 is 0 Å². The summed E-state index contributed by atoms with van der Waals surface area (Å²) in [4.78, 5) is 15.8. The first-order chi connectivity index (χ1) is 8.04. The Bertz CT molecular complexity index is 398. The number of nitrogens with two attached hydrogens (primary N) is 1. The van der Waals surface area contributed by atoms with Crippen molar-refractivity contribution in [1.29, 1.82) is 0 Å². The van der Waals surface area contributed by atoms with Gasteiger partial charge in [0.15, 0.2) is 0 Å². The Labute approximate surface area is 109 Å². The number of hydrogen-bond donors (Lipinski definition) is 2. The zero-order valence-electron chi connectivity index (χ0n) is 9.87. The molecule has 5 nitrogen and oxygen atoms in total. The first kappa shape index (κ1) is 13.9. The number of halogens is 1. The lowest BCUT2D eigenvalue weighted by atomic mass is 10.2. The highest BCUT2D eigenvalue weighted by Gasteiger charge is 2.13. The van der Waals surface area contributed by atoms with E-state index in [4.69, 9.17) is 10.5 Å². The second kappa shape index (κ2) is 6.56. The monoisotopic (exact) mass is 301 g/mol. The van der Waals surface area contributed by atoms with Crippen LogP contribution >= 0.6 is 15.9 Å². The molecule has 1 amide bonds. The van der Waals surface area contributed by atoms with Gasteiger partial charge in [-0.2, -0.15) is 0 Å². The number of rotatable bonds is 5. The number of carbonyl (C=O) groups excluding carboxylic acids is 1. The highest BCUT2D eigenvalue weighted by atomic mass is 79.9. The third-order valence-electron chi connectivity index (χ3n) is 2.08. The van der Waals surface area contributed by atoms with Crippen LogP contribution in [0.3, 0.4) is 0 Å². The summed E-state index contributed by atoms with van der Waals surface area (Å²) in [7, 11) is 0. The fourth-order valence-corrected chi connectivity index (χ4v) is 1.60. The molecule has 0 saturated heterocycles. The van der Waals surface area contributed by atoms with E-state index < -0.39 is 0 Å². The molecule has 0 aliphatic heterocycles. The molecule has 1 aromatic rings. The summed E-state index contributed by atoms with van der Waals surface area (Å²) in [5.41, 5.74) is 6.01. The van der Waals surface area contributed by atoms with Crippen LogP contribution in [0.25, 0.3) is 0 Å². The maximum Gasteiger partial charge on any atom is 0.255 e. The van der Waals surface area contributed by atoms with E-state index in [1.54, 1.807) is 12.3 Å². The van der Waals surface area contributed by atoms with E-state index in [0.717, 1.165) is 0 Å². The minimum atomic E-state index is -0.247. The molecule has 0 bridgehead atoms. The number of nitrogen functional groups attached to an aromatic ring is 1. The summed E-state index contributed by atoms with van der Waals surface area (Å²) in [6, 6.07) is 1.58. The quantitative estimate of drug-likeness (QED) is 0.865. The first-order valence-electron chi connectivity index (χ1n) is 5.34. The van der Waals surface area contributed by atoms with E-state index in [1.807, 2.05) is 13.8 Å². The van der Waals surface area contributed by atoms with Gasteiger partial charge in [0.2, 0.25) is 0 Å². The molecule has 1 rings (SSSR count). The molecule has 0 spiro atoms. The van der Waals surface area contributed by atoms with Crippen LogP contribution in [0.4, 0.5) is 5.82 Å². The number of carbonyl (C=O) groups is 1. The van der Waals surface area contributed by atoms with Gasteiger partial charge in [0.25, 0.3) is 5.91 Å². The van der Waals surface area contributed by atoms with E-state index in [1.165, 1.54) is 0 Å². The molecule has 0 fully saturated rings. The van der Waals surface area contributed by atoms with Gasteiger partial charge in [0.05, 0.1) is 12.2 Å². The molecule has 0 aliphatic rings. The van der Waals surface area contributed by atoms with Gasteiger partial charge < -0.3 is 15.8 Å². The van der Waals surface area contributed by atoms with Crippen molar-refractivity contribution in [3.05, 3.63) is 22.3 Å². The van der Waals surface area contributed by atoms with Crippen LogP contribution in [0.15, 0.2) is 16.7 Å². The standard InChI is InChI=1S/C11H16BrN3O2/c1-3-17-6-7(2)15-11(16)9-4-8(12)5-14-10(9)13/h4-5,7H,3,6H2,1-2H3,(H2,13,14)(H,15,16). The van der Waals surface area contributed by atoms with E-state index in [0.29, 0.717) is 23.2 Å². The highest BCUT2D eigenvalue weighted by Crippen LogP contribution is 2.15. The zero-order valence-corrected chi connectivity index (χ0v) is 11.5. The summed E-state index contributed by atoms with van der Waals surface area (Å²) in [6.07, 6.45) is 1.55. The number of hydrogen-bond acceptors (Lipinski definition) is 4. The number of aromatic nitrogens is 1. The average molecular weight is 302 g/mol. The topological polar surface area (TPSA) is 77.2 Å². The molecule has 0 aliphatic carbocycles. The summed E-state index contributed by atoms with van der Waals surface area (Å²) in [5, 5.41) is 2.79. The Kier molecular flexibility index (Phi) is 5.37. The molecule has 1 unspecified atom stereocenters. The molecule has 1 aromatic heterocycles. The second-order valence-corrected chi connectivity index (χ2v) is 4.54. The van der Waals surface area contributed by atoms with Gasteiger partial charge in [-0.3, -0.25) is 4.79 Å². The van der Waals surface area contributed by atoms with Crippen molar-refractivity contribution in [1.82, 2.24) is 10.3 Å². The zero-order chi connectivity index (χ0) is 12.8. The van der Waals surface area contributed by atoms with Crippen LogP contribution in [-0.2, 0) is 4.74 Å². The Balaban J connectivity index is 2.66. The Morgan fingerprint density at radius 2 is 2.41 bits per heavy atom. The fourth-order valence-electron chi connectivity index (χ4n) is 1.27. The van der Waals surface area contributed by atoms with E-state index in [-0.39, 0.29) is 17.8 Å². The maximum absolute atomic E-state index is 11.9. The van der Waals surface area contributed by atoms with Crippen molar-refractivity contribution in [3.63, 3.8) is 0 Å². The minimum absolute atomic E-state index is 0.0687. The second-order valence-electron chi connectivity index (χ2n) is 3.62. The molecular formula is C11H16BrN3O2. The van der Waals surface area contributed by atoms with Crippen molar-refractivity contribution in [2.45, 2.75) is 19.9 Å². The van der Waals surface area contributed by atoms with Crippen LogP contribution in [-0.4, -0.2) is 30.1 Å². The Hall–Kier alpha value is -1.14. The number of pyridine rings is 1. The minimum Gasteiger partial charge on any atom is -0.383 e. The molecule has 0 aromatic carbocycles. The lowest BCUT2D eigenvalue weighted by molar-refractivity contribution is 0.0872. The van der Waals surface area contributed by atoms with E-state index in [9.17, 15) is 4.79 Å². The van der Waals surface area contributed by atoms with Crippen LogP contribution in [0.5, 0.6) is 0 Å². The molecule has 0 saturated carbocycles. The van der Waals surface area contributed by atoms with Crippen molar-refractivity contribution in [2.24, 2.45) is 0 Å². The number of nitrogens with zero attached hydrogens (tertiary/aromatic N) is 1. The van der Waals surface area contributed by atoms with Gasteiger partial charge in [0.1, 0.15) is 5.82 Å². The van der Waals surface area contributed by atoms with E-state index in [2.05, 4.69) is 26.2 Å². The van der Waals surface area contributed by atoms with Crippen molar-refractivity contribution in [3.8, 4) is 0 Å². The predicted octanol–water partition coefficient (Wildman–Crippen LogP) is 1.58. The van der Waals surface area contributed by atoms with Gasteiger partial charge in [0, 0.05) is 23.3 Å². The first-order valence-corrected chi connectivity index (χ1v) is 6.13. The van der Waals surface area contributed by atoms with Gasteiger partial charge >= 0.3 is 0 Å². The van der Waals surface area contributed by atoms with Crippen molar-refractivity contribution in [2.75, 3.05) is 18.9 Å². The molecule has 6 heteroatoms. The largest absolute Gasteiger partial charge is 0.383 e. The van der Waals surface area contributed by atoms with Gasteiger partial charge in [-0.1, -0.05) is 0 Å². The predicted molar refractivity (Wildman–Crippen MR) is 69.8 cm³/mol. The lowest BCUT2D eigenvalue weighted by Crippen LogP contribution is -2.36. The SMILES string of the molecule is CCOCC(C)NC(=O)c1cc(Br)cnc1N. The van der Waals surface area contributed by atoms with Crippen LogP contribution < -0.4 is 11.1 Å². The third kappa shape index (κ3) is 4.32. The van der Waals surface area contributed by atoms with Gasteiger partial charge in [-0.25, -0.2) is 4.98 Å². The smallest absolute Gasteiger partial charge is 0.255 e. The molecule has 1 heterocycles. The number of amides is 1. The highest BCUT2D eigenvalue weighted by molar-refractivity contribution is 9.10. The summed E-state index contributed by atoms with van der Waals surface area (Å²) in [5.74, 6) is -0.0298. The van der Waals surface area contributed by atoms with Crippen LogP contribution in [0.1, 0.15) is 24.2 Å². The molecule has 3 N–H and O–H groups in total. The maximum atomic E-state index is 11.9. The van der Waals surface area contributed by atoms with Crippen LogP contribution in [0, 0.1) is 0 Å². The number of ether oxygens (including phenoxy) is 1. The summed E-state index contributed by atoms with van der Waals surface area (Å²) < 4.78 is 5.93. The summed E-state index contributed by atoms with van der Waals surface area (Å²) >= 11 is 3.25. The third-order valence-corrected chi connectivity index (χ3v) is 2.51. The molecule has 1 atom stereocenters. The van der Waals surface area contributed by atoms with Crippen molar-refractivity contribution < 1.29 is 9.53 Å². The molecule has 0 radical (unpaired) electrons. The van der Waals surface area contributed by atoms with Gasteiger partial charge in [-0.15, -0.1) is 0 Å². The molecule has 94 valence electrons. The molecular weight excluding hydrogens is 286 g/mol. The Morgan fingerprint density at radius 3 is 3.06 bits per heavy atom. The van der Waals surface area contributed by atoms with Crippen molar-refractivity contribution >= 4 is 27.7 Å².